The van der Waals surface area contributed by atoms with Crippen molar-refractivity contribution in [2.45, 2.75) is 58.0 Å². The van der Waals surface area contributed by atoms with Crippen LogP contribution in [0.4, 0.5) is 0 Å². The highest BCUT2D eigenvalue weighted by atomic mass is 35.5. The molecule has 1 rings (SSSR count). The van der Waals surface area contributed by atoms with Gasteiger partial charge in [0, 0.05) is 5.02 Å². The first kappa shape index (κ1) is 21.2. The van der Waals surface area contributed by atoms with Crippen LogP contribution in [0.3, 0.4) is 0 Å². The summed E-state index contributed by atoms with van der Waals surface area (Å²) in [6.45, 7) is 3.88. The van der Waals surface area contributed by atoms with E-state index in [9.17, 15) is 9.90 Å². The lowest BCUT2D eigenvalue weighted by molar-refractivity contribution is -0.152. The van der Waals surface area contributed by atoms with E-state index in [0.29, 0.717) is 10.6 Å². The van der Waals surface area contributed by atoms with Crippen molar-refractivity contribution in [1.82, 2.24) is 0 Å². The van der Waals surface area contributed by atoms with Gasteiger partial charge in [-0.2, -0.15) is 0 Å². The van der Waals surface area contributed by atoms with Gasteiger partial charge in [0.15, 0.2) is 0 Å². The molecule has 0 saturated heterocycles. The highest BCUT2D eigenvalue weighted by Crippen LogP contribution is 2.22. The molecule has 0 aliphatic heterocycles. The topological polar surface area (TPSA) is 46.5 Å². The highest BCUT2D eigenvalue weighted by Gasteiger charge is 2.24. The standard InChI is InChI=1S/C17H25ClO3.ClH/c1-3-5-6-10-15(4-2)21-17(20)16(12-19)13-8-7-9-14(18)11-13;/h7-9,11,15-16,19H,3-6,10,12H2,1-2H3;1H. The van der Waals surface area contributed by atoms with Gasteiger partial charge in [-0.3, -0.25) is 4.79 Å². The lowest BCUT2D eigenvalue weighted by Gasteiger charge is -2.20. The Kier molecular flexibility index (Phi) is 11.3. The SMILES string of the molecule is CCCCCC(CC)OC(=O)C(CO)c1cccc(Cl)c1.Cl. The Labute approximate surface area is 144 Å². The van der Waals surface area contributed by atoms with Crippen LogP contribution in [0.1, 0.15) is 57.4 Å². The minimum atomic E-state index is -0.663. The van der Waals surface area contributed by atoms with Crippen molar-refractivity contribution in [1.29, 1.82) is 0 Å². The van der Waals surface area contributed by atoms with Gasteiger partial charge >= 0.3 is 5.97 Å². The molecule has 0 aliphatic carbocycles. The molecule has 1 aromatic rings. The predicted octanol–water partition coefficient (Wildman–Crippen LogP) is 4.74. The Hall–Kier alpha value is -0.770. The number of benzene rings is 1. The third-order valence-electron chi connectivity index (χ3n) is 3.59. The maximum absolute atomic E-state index is 12.3. The fourth-order valence-corrected chi connectivity index (χ4v) is 2.45. The summed E-state index contributed by atoms with van der Waals surface area (Å²) in [7, 11) is 0. The van der Waals surface area contributed by atoms with Crippen molar-refractivity contribution in [3.63, 3.8) is 0 Å². The number of hydrogen-bond donors (Lipinski definition) is 1. The number of aliphatic hydroxyl groups excluding tert-OH is 1. The lowest BCUT2D eigenvalue weighted by Crippen LogP contribution is -2.25. The smallest absolute Gasteiger partial charge is 0.316 e. The van der Waals surface area contributed by atoms with Crippen LogP contribution in [0, 0.1) is 0 Å². The molecule has 5 heteroatoms. The Balaban J connectivity index is 0.00000441. The van der Waals surface area contributed by atoms with Crippen molar-refractivity contribution in [2.75, 3.05) is 6.61 Å². The van der Waals surface area contributed by atoms with E-state index in [1.165, 1.54) is 0 Å². The third-order valence-corrected chi connectivity index (χ3v) is 3.82. The number of unbranched alkanes of at least 4 members (excludes halogenated alkanes) is 2. The number of carbonyl (C=O) groups is 1. The Morgan fingerprint density at radius 3 is 2.59 bits per heavy atom. The molecule has 22 heavy (non-hydrogen) atoms. The van der Waals surface area contributed by atoms with Crippen LogP contribution in [-0.4, -0.2) is 23.8 Å². The average molecular weight is 349 g/mol. The zero-order chi connectivity index (χ0) is 15.7. The Morgan fingerprint density at radius 1 is 1.32 bits per heavy atom. The number of esters is 1. The first-order chi connectivity index (χ1) is 10.1. The number of aliphatic hydroxyl groups is 1. The quantitative estimate of drug-likeness (QED) is 0.517. The number of carbonyl (C=O) groups excluding carboxylic acids is 1. The van der Waals surface area contributed by atoms with E-state index >= 15 is 0 Å². The van der Waals surface area contributed by atoms with Crippen molar-refractivity contribution in [3.05, 3.63) is 34.9 Å². The summed E-state index contributed by atoms with van der Waals surface area (Å²) in [6, 6.07) is 6.99. The van der Waals surface area contributed by atoms with Crippen molar-refractivity contribution >= 4 is 30.0 Å². The maximum atomic E-state index is 12.3. The number of rotatable bonds is 9. The van der Waals surface area contributed by atoms with Gasteiger partial charge in [0.2, 0.25) is 0 Å². The molecular weight excluding hydrogens is 323 g/mol. The molecule has 1 N–H and O–H groups in total. The van der Waals surface area contributed by atoms with Crippen LogP contribution in [0.25, 0.3) is 0 Å². The fourth-order valence-electron chi connectivity index (χ4n) is 2.25. The number of hydrogen-bond acceptors (Lipinski definition) is 3. The van der Waals surface area contributed by atoms with Crippen molar-refractivity contribution < 1.29 is 14.6 Å². The van der Waals surface area contributed by atoms with Gasteiger partial charge in [0.25, 0.3) is 0 Å². The van der Waals surface area contributed by atoms with Gasteiger partial charge in [-0.25, -0.2) is 0 Å². The minimum Gasteiger partial charge on any atom is -0.462 e. The molecule has 0 saturated carbocycles. The van der Waals surface area contributed by atoms with Crippen LogP contribution in [0.15, 0.2) is 24.3 Å². The Bertz CT molecular complexity index is 438. The summed E-state index contributed by atoms with van der Waals surface area (Å²) in [6.07, 6.45) is 4.95. The first-order valence-electron chi connectivity index (χ1n) is 7.69. The van der Waals surface area contributed by atoms with Crippen LogP contribution in [0.5, 0.6) is 0 Å². The van der Waals surface area contributed by atoms with Crippen molar-refractivity contribution in [3.8, 4) is 0 Å². The summed E-state index contributed by atoms with van der Waals surface area (Å²) >= 11 is 5.93. The fraction of sp³-hybridized carbons (Fsp3) is 0.588. The molecule has 0 spiro atoms. The monoisotopic (exact) mass is 348 g/mol. The zero-order valence-electron chi connectivity index (χ0n) is 13.3. The van der Waals surface area contributed by atoms with E-state index in [2.05, 4.69) is 6.92 Å². The largest absolute Gasteiger partial charge is 0.462 e. The molecule has 0 amide bonds. The van der Waals surface area contributed by atoms with E-state index in [1.807, 2.05) is 6.92 Å². The van der Waals surface area contributed by atoms with E-state index in [4.69, 9.17) is 16.3 Å². The molecule has 0 aromatic heterocycles. The predicted molar refractivity (Wildman–Crippen MR) is 92.8 cm³/mol. The van der Waals surface area contributed by atoms with Gasteiger partial charge in [0.1, 0.15) is 12.0 Å². The van der Waals surface area contributed by atoms with E-state index < -0.39 is 5.92 Å². The molecule has 2 unspecified atom stereocenters. The first-order valence-corrected chi connectivity index (χ1v) is 8.06. The second-order valence-corrected chi connectivity index (χ2v) is 5.69. The molecule has 0 radical (unpaired) electrons. The molecule has 0 aliphatic rings. The molecule has 126 valence electrons. The number of halogens is 2. The normalized spacial score (nSPS) is 13.1. The molecule has 0 fully saturated rings. The summed E-state index contributed by atoms with van der Waals surface area (Å²) in [4.78, 5) is 12.3. The van der Waals surface area contributed by atoms with Gasteiger partial charge in [-0.05, 0) is 37.0 Å². The van der Waals surface area contributed by atoms with Crippen LogP contribution in [-0.2, 0) is 9.53 Å². The lowest BCUT2D eigenvalue weighted by atomic mass is 10.00. The van der Waals surface area contributed by atoms with Gasteiger partial charge in [0.05, 0.1) is 6.61 Å². The average Bonchev–Trinajstić information content (AvgIpc) is 2.47. The molecule has 2 atom stereocenters. The second-order valence-electron chi connectivity index (χ2n) is 5.25. The highest BCUT2D eigenvalue weighted by molar-refractivity contribution is 6.30. The molecule has 0 heterocycles. The number of ether oxygens (including phenoxy) is 1. The van der Waals surface area contributed by atoms with Crippen LogP contribution in [0.2, 0.25) is 5.02 Å². The zero-order valence-corrected chi connectivity index (χ0v) is 14.8. The van der Waals surface area contributed by atoms with Gasteiger partial charge in [-0.1, -0.05) is 50.4 Å². The molecule has 1 aromatic carbocycles. The minimum absolute atomic E-state index is 0. The molecule has 3 nitrogen and oxygen atoms in total. The van der Waals surface area contributed by atoms with E-state index in [-0.39, 0.29) is 31.1 Å². The maximum Gasteiger partial charge on any atom is 0.316 e. The third kappa shape index (κ3) is 6.99. The van der Waals surface area contributed by atoms with Crippen molar-refractivity contribution in [2.24, 2.45) is 0 Å². The van der Waals surface area contributed by atoms with Crippen LogP contribution >= 0.6 is 24.0 Å². The summed E-state index contributed by atoms with van der Waals surface area (Å²) in [5.74, 6) is -1.04. The summed E-state index contributed by atoms with van der Waals surface area (Å²) in [5.41, 5.74) is 0.693. The second kappa shape index (κ2) is 11.8. The Morgan fingerprint density at radius 2 is 2.05 bits per heavy atom. The van der Waals surface area contributed by atoms with E-state index in [0.717, 1.165) is 32.1 Å². The molecular formula is C17H26Cl2O3. The van der Waals surface area contributed by atoms with Gasteiger partial charge < -0.3 is 9.84 Å². The summed E-state index contributed by atoms with van der Waals surface area (Å²) < 4.78 is 5.55. The molecule has 0 bridgehead atoms. The van der Waals surface area contributed by atoms with E-state index in [1.54, 1.807) is 24.3 Å². The van der Waals surface area contributed by atoms with Crippen LogP contribution < -0.4 is 0 Å². The van der Waals surface area contributed by atoms with Gasteiger partial charge in [-0.15, -0.1) is 12.4 Å². The summed E-state index contributed by atoms with van der Waals surface area (Å²) in [5, 5.41) is 10.0.